The molecule has 0 saturated carbocycles. The Bertz CT molecular complexity index is 219. The van der Waals surface area contributed by atoms with Crippen LogP contribution in [0.1, 0.15) is 13.8 Å². The summed E-state index contributed by atoms with van der Waals surface area (Å²) in [4.78, 5) is 22.3. The summed E-state index contributed by atoms with van der Waals surface area (Å²) in [6.07, 6.45) is -1.01. The van der Waals surface area contributed by atoms with Gasteiger partial charge in [-0.2, -0.15) is 0 Å². The number of rotatable bonds is 1. The van der Waals surface area contributed by atoms with Gasteiger partial charge in [-0.05, 0) is 0 Å². The number of carbonyl (C=O) groups excluding carboxylic acids is 2. The lowest BCUT2D eigenvalue weighted by molar-refractivity contribution is -0.154. The second kappa shape index (κ2) is 2.86. The Labute approximate surface area is 70.8 Å². The Balaban J connectivity index is 2.74. The lowest BCUT2D eigenvalue weighted by atomic mass is 9.89. The van der Waals surface area contributed by atoms with Crippen molar-refractivity contribution in [2.75, 3.05) is 13.7 Å². The predicted molar refractivity (Wildman–Crippen MR) is 40.5 cm³/mol. The Kier molecular flexibility index (Phi) is 2.19. The molecule has 4 heteroatoms. The van der Waals surface area contributed by atoms with Crippen LogP contribution in [0.2, 0.25) is 0 Å². The van der Waals surface area contributed by atoms with E-state index in [9.17, 15) is 9.59 Å². The molecule has 0 aromatic carbocycles. The molecule has 0 radical (unpaired) electrons. The van der Waals surface area contributed by atoms with E-state index in [0.29, 0.717) is 0 Å². The molecule has 0 N–H and O–H groups in total. The highest BCUT2D eigenvalue weighted by Gasteiger charge is 2.46. The topological polar surface area (TPSA) is 52.6 Å². The summed E-state index contributed by atoms with van der Waals surface area (Å²) < 4.78 is 9.42. The molecule has 0 aliphatic carbocycles. The third-order valence-electron chi connectivity index (χ3n) is 1.93. The molecular formula is C8H12O4. The van der Waals surface area contributed by atoms with Crippen molar-refractivity contribution in [3.8, 4) is 0 Å². The minimum Gasteiger partial charge on any atom is -0.467 e. The van der Waals surface area contributed by atoms with Crippen LogP contribution in [0.15, 0.2) is 0 Å². The minimum absolute atomic E-state index is 0.200. The fraction of sp³-hybridized carbons (Fsp3) is 0.750. The molecular weight excluding hydrogens is 160 g/mol. The standard InChI is InChI=1S/C8H12O4/c1-8(2)4-12-5(6(8)9)7(10)11-3/h5H,4H2,1-3H3/t5-/m1/s1. The monoisotopic (exact) mass is 172 g/mol. The average molecular weight is 172 g/mol. The fourth-order valence-corrected chi connectivity index (χ4v) is 1.08. The molecule has 1 rings (SSSR count). The molecule has 1 heterocycles. The lowest BCUT2D eigenvalue weighted by Gasteiger charge is -2.11. The highest BCUT2D eigenvalue weighted by Crippen LogP contribution is 2.27. The van der Waals surface area contributed by atoms with Crippen molar-refractivity contribution < 1.29 is 19.1 Å². The van der Waals surface area contributed by atoms with Crippen LogP contribution in [-0.2, 0) is 19.1 Å². The van der Waals surface area contributed by atoms with Crippen molar-refractivity contribution in [1.82, 2.24) is 0 Å². The van der Waals surface area contributed by atoms with Crippen molar-refractivity contribution in [2.24, 2.45) is 5.41 Å². The van der Waals surface area contributed by atoms with Gasteiger partial charge in [-0.1, -0.05) is 13.8 Å². The summed E-state index contributed by atoms with van der Waals surface area (Å²) in [6.45, 7) is 3.78. The van der Waals surface area contributed by atoms with Crippen LogP contribution in [0, 0.1) is 5.41 Å². The summed E-state index contributed by atoms with van der Waals surface area (Å²) in [6, 6.07) is 0. The van der Waals surface area contributed by atoms with E-state index in [2.05, 4.69) is 4.74 Å². The van der Waals surface area contributed by atoms with Crippen LogP contribution in [-0.4, -0.2) is 31.6 Å². The van der Waals surface area contributed by atoms with E-state index in [-0.39, 0.29) is 12.4 Å². The van der Waals surface area contributed by atoms with E-state index in [4.69, 9.17) is 4.74 Å². The van der Waals surface area contributed by atoms with Crippen molar-refractivity contribution in [1.29, 1.82) is 0 Å². The zero-order chi connectivity index (χ0) is 9.35. The van der Waals surface area contributed by atoms with Gasteiger partial charge in [0.15, 0.2) is 5.78 Å². The van der Waals surface area contributed by atoms with Crippen LogP contribution in [0.25, 0.3) is 0 Å². The van der Waals surface area contributed by atoms with E-state index < -0.39 is 17.5 Å². The molecule has 0 spiro atoms. The van der Waals surface area contributed by atoms with Gasteiger partial charge in [0.05, 0.1) is 19.1 Å². The first kappa shape index (κ1) is 9.19. The van der Waals surface area contributed by atoms with Crippen molar-refractivity contribution in [2.45, 2.75) is 20.0 Å². The SMILES string of the molecule is COC(=O)[C@@H]1OCC(C)(C)C1=O. The molecule has 68 valence electrons. The van der Waals surface area contributed by atoms with E-state index in [1.807, 2.05) is 0 Å². The number of hydrogen-bond donors (Lipinski definition) is 0. The minimum atomic E-state index is -1.01. The number of hydrogen-bond acceptors (Lipinski definition) is 4. The molecule has 0 amide bonds. The normalized spacial score (nSPS) is 27.2. The Morgan fingerprint density at radius 1 is 1.67 bits per heavy atom. The van der Waals surface area contributed by atoms with Gasteiger partial charge in [-0.15, -0.1) is 0 Å². The molecule has 1 aliphatic rings. The maximum atomic E-state index is 11.4. The Hall–Kier alpha value is -0.900. The Morgan fingerprint density at radius 3 is 2.58 bits per heavy atom. The summed E-state index contributed by atoms with van der Waals surface area (Å²) in [7, 11) is 1.24. The van der Waals surface area contributed by atoms with Gasteiger partial charge >= 0.3 is 5.97 Å². The van der Waals surface area contributed by atoms with E-state index in [0.717, 1.165) is 0 Å². The molecule has 1 fully saturated rings. The smallest absolute Gasteiger partial charge is 0.342 e. The Morgan fingerprint density at radius 2 is 2.25 bits per heavy atom. The van der Waals surface area contributed by atoms with Gasteiger partial charge in [0.2, 0.25) is 6.10 Å². The number of carbonyl (C=O) groups is 2. The van der Waals surface area contributed by atoms with Gasteiger partial charge in [-0.3, -0.25) is 4.79 Å². The molecule has 1 saturated heterocycles. The second-order valence-corrected chi connectivity index (χ2v) is 3.46. The third-order valence-corrected chi connectivity index (χ3v) is 1.93. The quantitative estimate of drug-likeness (QED) is 0.417. The molecule has 4 nitrogen and oxygen atoms in total. The lowest BCUT2D eigenvalue weighted by Crippen LogP contribution is -2.33. The van der Waals surface area contributed by atoms with Crippen molar-refractivity contribution in [3.05, 3.63) is 0 Å². The zero-order valence-corrected chi connectivity index (χ0v) is 7.42. The number of ketones is 1. The third kappa shape index (κ3) is 1.34. The first-order valence-electron chi connectivity index (χ1n) is 3.73. The van der Waals surface area contributed by atoms with Crippen LogP contribution in [0.5, 0.6) is 0 Å². The van der Waals surface area contributed by atoms with Gasteiger partial charge in [0.1, 0.15) is 0 Å². The number of ether oxygens (including phenoxy) is 2. The first-order valence-corrected chi connectivity index (χ1v) is 3.73. The maximum Gasteiger partial charge on any atom is 0.342 e. The zero-order valence-electron chi connectivity index (χ0n) is 7.42. The first-order chi connectivity index (χ1) is 5.49. The number of Topliss-reactive ketones (excluding diaryl/α,β-unsaturated/α-hetero) is 1. The predicted octanol–water partition coefficient (Wildman–Crippen LogP) is 0.153. The summed E-state index contributed by atoms with van der Waals surface area (Å²) in [5.74, 6) is -0.806. The van der Waals surface area contributed by atoms with Crippen LogP contribution < -0.4 is 0 Å². The number of esters is 1. The molecule has 0 aromatic heterocycles. The summed E-state index contributed by atoms with van der Waals surface area (Å²) >= 11 is 0. The highest BCUT2D eigenvalue weighted by molar-refractivity contribution is 6.05. The molecule has 0 bridgehead atoms. The second-order valence-electron chi connectivity index (χ2n) is 3.46. The average Bonchev–Trinajstić information content (AvgIpc) is 2.27. The largest absolute Gasteiger partial charge is 0.467 e. The van der Waals surface area contributed by atoms with Crippen molar-refractivity contribution in [3.63, 3.8) is 0 Å². The van der Waals surface area contributed by atoms with Crippen molar-refractivity contribution >= 4 is 11.8 Å². The van der Waals surface area contributed by atoms with E-state index in [1.54, 1.807) is 13.8 Å². The molecule has 0 aromatic rings. The van der Waals surface area contributed by atoms with Gasteiger partial charge in [0.25, 0.3) is 0 Å². The van der Waals surface area contributed by atoms with Gasteiger partial charge in [-0.25, -0.2) is 4.79 Å². The molecule has 1 atom stereocenters. The molecule has 1 aliphatic heterocycles. The van der Waals surface area contributed by atoms with Crippen LogP contribution in [0.3, 0.4) is 0 Å². The molecule has 12 heavy (non-hydrogen) atoms. The summed E-state index contributed by atoms with van der Waals surface area (Å²) in [5.41, 5.74) is -0.557. The van der Waals surface area contributed by atoms with E-state index >= 15 is 0 Å². The highest BCUT2D eigenvalue weighted by atomic mass is 16.6. The maximum absolute atomic E-state index is 11.4. The summed E-state index contributed by atoms with van der Waals surface area (Å²) in [5, 5.41) is 0. The molecule has 0 unspecified atom stereocenters. The fourth-order valence-electron chi connectivity index (χ4n) is 1.08. The number of methoxy groups -OCH3 is 1. The van der Waals surface area contributed by atoms with Gasteiger partial charge < -0.3 is 9.47 Å². The van der Waals surface area contributed by atoms with Gasteiger partial charge in [0, 0.05) is 0 Å². The van der Waals surface area contributed by atoms with E-state index in [1.165, 1.54) is 7.11 Å². The van der Waals surface area contributed by atoms with Crippen LogP contribution in [0.4, 0.5) is 0 Å². The van der Waals surface area contributed by atoms with Crippen LogP contribution >= 0.6 is 0 Å².